The summed E-state index contributed by atoms with van der Waals surface area (Å²) < 4.78 is 2.62. The highest BCUT2D eigenvalue weighted by molar-refractivity contribution is 7.78. The van der Waals surface area contributed by atoms with Crippen LogP contribution in [0.15, 0.2) is 0 Å². The first-order valence-electron chi connectivity index (χ1n) is 29.8. The van der Waals surface area contributed by atoms with E-state index < -0.39 is 17.7 Å². The first kappa shape index (κ1) is 72.9. The van der Waals surface area contributed by atoms with Crippen molar-refractivity contribution in [1.82, 2.24) is 62.4 Å². The van der Waals surface area contributed by atoms with Gasteiger partial charge in [0, 0.05) is 102 Å². The van der Waals surface area contributed by atoms with Gasteiger partial charge in [0.25, 0.3) is 0 Å². The first-order valence-corrected chi connectivity index (χ1v) is 30.3. The highest BCUT2D eigenvalue weighted by atomic mass is 32.1. The summed E-state index contributed by atoms with van der Waals surface area (Å²) in [5.41, 5.74) is 27.7. The Morgan fingerprint density at radius 1 is 0.451 bits per heavy atom. The SMILES string of the molecule is CC(=O)NCCC(=O)N(CC(=O)NCCCCC(NC1CC1)C(N)=O)CC(=O)NCCCCC(NC1CC1)C(N)=O.CCNS.NCCC(=O)N(CC(=O)NCCCCC(CN)NC1CC1)CC(=O)NCCCCC(NC1CC1)C(N)=O. The van der Waals surface area contributed by atoms with Gasteiger partial charge in [0.1, 0.15) is 26.2 Å². The largest absolute Gasteiger partial charge is 0.368 e. The average molecular weight is 1180 g/mol. The number of nitrogens with two attached hydrogens (primary N) is 5. The zero-order chi connectivity index (χ0) is 60.7. The standard InChI is InChI=1S/C27H48N8O6.C25H48N8O4.C2H7NS/c1-18(36)30-15-12-25(39)35(16-23(37)31-13-4-2-6-21(26(28)40)33-19-8-9-19)17-24(38)32-14-5-3-7-22(27(29)41)34-20-10-11-20;26-12-11-24(36)33(16-22(34)29-13-3-1-5-20(15-27)31-18-7-8-18)17-23(35)30-14-4-2-6-21(25(28)37)32-19-9-10-19;1-2-3-4/h19-22,33-34H,2-17H2,1H3,(H2,28,40)(H2,29,41)(H,30,36)(H,31,37)(H,32,38);18-21,31-32H,1-17,26-27H2,(H2,28,37)(H,29,34)(H,30,35);3-4H,2H2,1H3. The number of carbonyl (C=O) groups excluding carboxylic acids is 10. The van der Waals surface area contributed by atoms with E-state index in [1.807, 2.05) is 6.92 Å². The van der Waals surface area contributed by atoms with Gasteiger partial charge in [0.15, 0.2) is 0 Å². The third-order valence-corrected chi connectivity index (χ3v) is 14.0. The van der Waals surface area contributed by atoms with Crippen molar-refractivity contribution in [1.29, 1.82) is 0 Å². The highest BCUT2D eigenvalue weighted by Gasteiger charge is 2.30. The summed E-state index contributed by atoms with van der Waals surface area (Å²) in [6.07, 6.45) is 17.3. The fourth-order valence-corrected chi connectivity index (χ4v) is 8.39. The minimum Gasteiger partial charge on any atom is -0.368 e. The van der Waals surface area contributed by atoms with Crippen molar-refractivity contribution < 1.29 is 47.9 Å². The lowest BCUT2D eigenvalue weighted by Crippen LogP contribution is -2.46. The van der Waals surface area contributed by atoms with Gasteiger partial charge in [0.05, 0.1) is 18.1 Å². The Labute approximate surface area is 491 Å². The van der Waals surface area contributed by atoms with Crippen molar-refractivity contribution in [2.24, 2.45) is 28.7 Å². The highest BCUT2D eigenvalue weighted by Crippen LogP contribution is 2.22. The number of rotatable bonds is 46. The van der Waals surface area contributed by atoms with Crippen LogP contribution in [0.2, 0.25) is 0 Å². The van der Waals surface area contributed by atoms with E-state index in [4.69, 9.17) is 28.7 Å². The molecule has 0 saturated heterocycles. The summed E-state index contributed by atoms with van der Waals surface area (Å²) in [5, 5.41) is 26.9. The van der Waals surface area contributed by atoms with E-state index in [9.17, 15) is 47.9 Å². The lowest BCUT2D eigenvalue weighted by molar-refractivity contribution is -0.139. The van der Waals surface area contributed by atoms with Crippen molar-refractivity contribution in [2.45, 2.75) is 203 Å². The maximum absolute atomic E-state index is 12.7. The Morgan fingerprint density at radius 3 is 1.02 bits per heavy atom. The van der Waals surface area contributed by atoms with Crippen LogP contribution in [0.5, 0.6) is 0 Å². The number of nitrogens with zero attached hydrogens (tertiary/aromatic N) is 2. The number of hydrogen-bond acceptors (Lipinski definition) is 18. The second-order valence-electron chi connectivity index (χ2n) is 21.7. The molecule has 0 aromatic rings. The maximum atomic E-state index is 12.7. The van der Waals surface area contributed by atoms with Crippen molar-refractivity contribution in [2.75, 3.05) is 78.5 Å². The van der Waals surface area contributed by atoms with Gasteiger partial charge in [-0.15, -0.1) is 0 Å². The number of nitrogens with one attached hydrogen (secondary N) is 10. The molecular weight excluding hydrogens is 1080 g/mol. The lowest BCUT2D eigenvalue weighted by atomic mass is 10.1. The molecular formula is C54H103N17O10S. The van der Waals surface area contributed by atoms with Crippen LogP contribution in [0.25, 0.3) is 0 Å². The van der Waals surface area contributed by atoms with Crippen molar-refractivity contribution in [3.05, 3.63) is 0 Å². The lowest BCUT2D eigenvalue weighted by Gasteiger charge is -2.22. The van der Waals surface area contributed by atoms with Crippen molar-refractivity contribution in [3.63, 3.8) is 0 Å². The first-order chi connectivity index (χ1) is 39.3. The fourth-order valence-electron chi connectivity index (χ4n) is 8.39. The van der Waals surface area contributed by atoms with E-state index in [1.54, 1.807) is 0 Å². The quantitative estimate of drug-likeness (QED) is 0.0213. The molecule has 0 aromatic carbocycles. The molecule has 0 bridgehead atoms. The summed E-state index contributed by atoms with van der Waals surface area (Å²) in [5.74, 6) is -3.62. The van der Waals surface area contributed by atoms with E-state index in [0.29, 0.717) is 114 Å². The van der Waals surface area contributed by atoms with Gasteiger partial charge in [-0.05, 0) is 122 Å². The number of amides is 10. The van der Waals surface area contributed by atoms with Gasteiger partial charge in [-0.1, -0.05) is 26.2 Å². The molecule has 4 unspecified atom stereocenters. The van der Waals surface area contributed by atoms with E-state index in [1.165, 1.54) is 24.7 Å². The number of hydrogen-bond donors (Lipinski definition) is 16. The maximum Gasteiger partial charge on any atom is 0.239 e. The molecule has 0 heterocycles. The van der Waals surface area contributed by atoms with Crippen LogP contribution in [0.3, 0.4) is 0 Å². The minimum atomic E-state index is -0.435. The monoisotopic (exact) mass is 1180 g/mol. The zero-order valence-electron chi connectivity index (χ0n) is 49.0. The Kier molecular flexibility index (Phi) is 38.6. The molecule has 28 heteroatoms. The molecule has 82 heavy (non-hydrogen) atoms. The second kappa shape index (κ2) is 43.4. The number of thiol groups is 1. The smallest absolute Gasteiger partial charge is 0.239 e. The van der Waals surface area contributed by atoms with Gasteiger partial charge in [0.2, 0.25) is 59.1 Å². The molecule has 0 spiro atoms. The van der Waals surface area contributed by atoms with Gasteiger partial charge < -0.3 is 86.3 Å². The Morgan fingerprint density at radius 2 is 0.756 bits per heavy atom. The molecule has 27 nitrogen and oxygen atoms in total. The Hall–Kier alpha value is -5.23. The number of unbranched alkanes of at least 4 members (excludes halogenated alkanes) is 4. The second-order valence-corrected chi connectivity index (χ2v) is 22.0. The molecule has 4 aliphatic carbocycles. The van der Waals surface area contributed by atoms with Crippen molar-refractivity contribution in [3.8, 4) is 0 Å². The molecule has 10 amide bonds. The Bertz CT molecular complexity index is 1890. The van der Waals surface area contributed by atoms with Crippen LogP contribution in [0.4, 0.5) is 0 Å². The van der Waals surface area contributed by atoms with Gasteiger partial charge in [-0.3, -0.25) is 52.7 Å². The van der Waals surface area contributed by atoms with E-state index in [2.05, 4.69) is 65.4 Å². The predicted octanol–water partition coefficient (Wildman–Crippen LogP) is -3.01. The van der Waals surface area contributed by atoms with Crippen LogP contribution in [-0.4, -0.2) is 196 Å². The third kappa shape index (κ3) is 38.5. The van der Waals surface area contributed by atoms with Gasteiger partial charge in [-0.25, -0.2) is 0 Å². The zero-order valence-corrected chi connectivity index (χ0v) is 49.9. The molecule has 20 N–H and O–H groups in total. The molecule has 4 saturated carbocycles. The Balaban J connectivity index is 0.000000528. The van der Waals surface area contributed by atoms with Crippen LogP contribution < -0.4 is 81.2 Å². The van der Waals surface area contributed by atoms with Crippen molar-refractivity contribution >= 4 is 71.9 Å². The summed E-state index contributed by atoms with van der Waals surface area (Å²) in [6, 6.07) is 0.955. The topological polar surface area (TPSA) is 428 Å². The van der Waals surface area contributed by atoms with Crippen LogP contribution >= 0.6 is 12.8 Å². The molecule has 0 aromatic heterocycles. The van der Waals surface area contributed by atoms with Gasteiger partial charge in [-0.2, -0.15) is 0 Å². The third-order valence-electron chi connectivity index (χ3n) is 13.7. The van der Waals surface area contributed by atoms with E-state index in [0.717, 1.165) is 75.7 Å². The van der Waals surface area contributed by atoms with E-state index in [-0.39, 0.29) is 112 Å². The molecule has 4 rings (SSSR count). The molecule has 0 aliphatic heterocycles. The number of primary amides is 3. The molecule has 0 radical (unpaired) electrons. The molecule has 4 aliphatic rings. The van der Waals surface area contributed by atoms with Crippen LogP contribution in [0.1, 0.15) is 155 Å². The molecule has 4 fully saturated rings. The average Bonchev–Trinajstić information content (AvgIpc) is 4.20. The fraction of sp³-hybridized carbons (Fsp3) is 0.815. The molecule has 470 valence electrons. The normalized spacial score (nSPS) is 15.8. The summed E-state index contributed by atoms with van der Waals surface area (Å²) in [4.78, 5) is 123. The summed E-state index contributed by atoms with van der Waals surface area (Å²) in [7, 11) is 0. The molecule has 4 atom stereocenters. The summed E-state index contributed by atoms with van der Waals surface area (Å²) >= 11 is 3.67. The van der Waals surface area contributed by atoms with Crippen LogP contribution in [-0.2, 0) is 47.9 Å². The van der Waals surface area contributed by atoms with E-state index >= 15 is 0 Å². The predicted molar refractivity (Wildman–Crippen MR) is 317 cm³/mol. The minimum absolute atomic E-state index is 0.0505. The summed E-state index contributed by atoms with van der Waals surface area (Å²) in [6.45, 7) is 5.76. The van der Waals surface area contributed by atoms with Gasteiger partial charge >= 0.3 is 0 Å². The van der Waals surface area contributed by atoms with Crippen LogP contribution in [0, 0.1) is 0 Å². The number of carbonyl (C=O) groups is 10.